The van der Waals surface area contributed by atoms with Gasteiger partial charge in [-0.25, -0.2) is 0 Å². The molecule has 0 saturated carbocycles. The van der Waals surface area contributed by atoms with Crippen LogP contribution in [0.3, 0.4) is 0 Å². The molecule has 3 heteroatoms. The van der Waals surface area contributed by atoms with E-state index in [1.807, 2.05) is 7.05 Å². The van der Waals surface area contributed by atoms with Crippen molar-refractivity contribution in [3.8, 4) is 0 Å². The predicted octanol–water partition coefficient (Wildman–Crippen LogP) is 4.10. The largest absolute Gasteiger partial charge is 0.372 e. The normalized spacial score (nSPS) is 12.8. The van der Waals surface area contributed by atoms with Gasteiger partial charge in [0.05, 0.1) is 0 Å². The minimum atomic E-state index is 0.284. The van der Waals surface area contributed by atoms with Crippen LogP contribution in [-0.4, -0.2) is 20.1 Å². The molecule has 1 atom stereocenters. The van der Waals surface area contributed by atoms with E-state index < -0.39 is 0 Å². The fourth-order valence-electron chi connectivity index (χ4n) is 2.08. The van der Waals surface area contributed by atoms with Gasteiger partial charge in [-0.1, -0.05) is 31.5 Å². The van der Waals surface area contributed by atoms with E-state index in [1.165, 1.54) is 5.69 Å². The van der Waals surface area contributed by atoms with E-state index in [9.17, 15) is 0 Å². The van der Waals surface area contributed by atoms with Crippen molar-refractivity contribution >= 4 is 17.3 Å². The van der Waals surface area contributed by atoms with Crippen LogP contribution in [-0.2, 0) is 0 Å². The molecule has 1 aromatic rings. The van der Waals surface area contributed by atoms with E-state index in [2.05, 4.69) is 56.1 Å². The topological polar surface area (TPSA) is 15.3 Å². The van der Waals surface area contributed by atoms with Crippen molar-refractivity contribution in [2.75, 3.05) is 25.0 Å². The van der Waals surface area contributed by atoms with E-state index in [0.29, 0.717) is 5.92 Å². The highest BCUT2D eigenvalue weighted by Crippen LogP contribution is 2.28. The first kappa shape index (κ1) is 15.3. The van der Waals surface area contributed by atoms with Gasteiger partial charge < -0.3 is 10.2 Å². The van der Waals surface area contributed by atoms with Gasteiger partial charge in [0.15, 0.2) is 0 Å². The molecule has 0 aliphatic carbocycles. The summed E-state index contributed by atoms with van der Waals surface area (Å²) in [7, 11) is 1.95. The van der Waals surface area contributed by atoms with Crippen LogP contribution < -0.4 is 10.2 Å². The first-order chi connectivity index (χ1) is 8.49. The van der Waals surface area contributed by atoms with Crippen molar-refractivity contribution in [3.63, 3.8) is 0 Å². The summed E-state index contributed by atoms with van der Waals surface area (Å²) in [6, 6.07) is 6.66. The lowest BCUT2D eigenvalue weighted by Gasteiger charge is -2.26. The molecule has 1 unspecified atom stereocenters. The van der Waals surface area contributed by atoms with Crippen molar-refractivity contribution in [1.29, 1.82) is 0 Å². The predicted molar refractivity (Wildman–Crippen MR) is 81.7 cm³/mol. The van der Waals surface area contributed by atoms with Gasteiger partial charge in [-0.05, 0) is 44.5 Å². The maximum absolute atomic E-state index is 6.37. The minimum Gasteiger partial charge on any atom is -0.372 e. The fraction of sp³-hybridized carbons (Fsp3) is 0.600. The van der Waals surface area contributed by atoms with Crippen LogP contribution in [0.2, 0.25) is 5.02 Å². The third-order valence-corrected chi connectivity index (χ3v) is 3.54. The standard InChI is InChI=1S/C15H25ClN2/c1-6-18(10-11(2)3)13-7-8-14(12(4)17-5)15(16)9-13/h7-9,11-12,17H,6,10H2,1-5H3. The minimum absolute atomic E-state index is 0.284. The highest BCUT2D eigenvalue weighted by molar-refractivity contribution is 6.31. The molecule has 102 valence electrons. The third kappa shape index (κ3) is 3.89. The number of benzene rings is 1. The first-order valence-corrected chi connectivity index (χ1v) is 7.09. The van der Waals surface area contributed by atoms with Crippen LogP contribution in [0.25, 0.3) is 0 Å². The van der Waals surface area contributed by atoms with E-state index in [1.54, 1.807) is 0 Å². The third-order valence-electron chi connectivity index (χ3n) is 3.22. The molecule has 18 heavy (non-hydrogen) atoms. The SMILES string of the molecule is CCN(CC(C)C)c1ccc(C(C)NC)c(Cl)c1. The molecule has 0 bridgehead atoms. The molecule has 0 aromatic heterocycles. The lowest BCUT2D eigenvalue weighted by Crippen LogP contribution is -2.27. The van der Waals surface area contributed by atoms with Crippen LogP contribution in [0, 0.1) is 5.92 Å². The molecule has 2 nitrogen and oxygen atoms in total. The molecule has 0 aliphatic heterocycles. The summed E-state index contributed by atoms with van der Waals surface area (Å²) in [5.74, 6) is 0.652. The molecular formula is C15H25ClN2. The van der Waals surface area contributed by atoms with Crippen molar-refractivity contribution in [3.05, 3.63) is 28.8 Å². The Morgan fingerprint density at radius 2 is 1.94 bits per heavy atom. The highest BCUT2D eigenvalue weighted by Gasteiger charge is 2.11. The van der Waals surface area contributed by atoms with Crippen LogP contribution in [0.15, 0.2) is 18.2 Å². The van der Waals surface area contributed by atoms with Gasteiger partial charge in [-0.3, -0.25) is 0 Å². The molecule has 1 N–H and O–H groups in total. The molecular weight excluding hydrogens is 244 g/mol. The number of rotatable bonds is 6. The van der Waals surface area contributed by atoms with Gasteiger partial charge >= 0.3 is 0 Å². The van der Waals surface area contributed by atoms with E-state index in [0.717, 1.165) is 23.7 Å². The lowest BCUT2D eigenvalue weighted by molar-refractivity contribution is 0.618. The van der Waals surface area contributed by atoms with Crippen LogP contribution in [0.1, 0.15) is 39.3 Å². The number of hydrogen-bond acceptors (Lipinski definition) is 2. The number of halogens is 1. The summed E-state index contributed by atoms with van der Waals surface area (Å²) in [6.07, 6.45) is 0. The molecule has 0 saturated heterocycles. The number of hydrogen-bond donors (Lipinski definition) is 1. The zero-order chi connectivity index (χ0) is 13.7. The van der Waals surface area contributed by atoms with Crippen molar-refractivity contribution < 1.29 is 0 Å². The summed E-state index contributed by atoms with van der Waals surface area (Å²) < 4.78 is 0. The zero-order valence-corrected chi connectivity index (χ0v) is 12.9. The van der Waals surface area contributed by atoms with E-state index in [4.69, 9.17) is 11.6 Å². The molecule has 1 rings (SSSR count). The molecule has 0 aliphatic rings. The second-order valence-electron chi connectivity index (χ2n) is 5.15. The van der Waals surface area contributed by atoms with Gasteiger partial charge in [0.25, 0.3) is 0 Å². The summed E-state index contributed by atoms with van der Waals surface area (Å²) >= 11 is 6.37. The maximum Gasteiger partial charge on any atom is 0.0474 e. The second-order valence-corrected chi connectivity index (χ2v) is 5.56. The van der Waals surface area contributed by atoms with Crippen molar-refractivity contribution in [2.45, 2.75) is 33.7 Å². The number of nitrogens with one attached hydrogen (secondary N) is 1. The number of nitrogens with zero attached hydrogens (tertiary/aromatic N) is 1. The number of anilines is 1. The van der Waals surface area contributed by atoms with Gasteiger partial charge in [0.1, 0.15) is 0 Å². The van der Waals surface area contributed by atoms with Crippen molar-refractivity contribution in [1.82, 2.24) is 5.32 Å². The second kappa shape index (κ2) is 7.01. The Bertz CT molecular complexity index is 377. The average Bonchev–Trinajstić information content (AvgIpc) is 2.34. The van der Waals surface area contributed by atoms with Crippen molar-refractivity contribution in [2.24, 2.45) is 5.92 Å². The van der Waals surface area contributed by atoms with Crippen LogP contribution in [0.5, 0.6) is 0 Å². The molecule has 1 aromatic carbocycles. The summed E-state index contributed by atoms with van der Waals surface area (Å²) in [5.41, 5.74) is 2.37. The van der Waals surface area contributed by atoms with Gasteiger partial charge in [-0.2, -0.15) is 0 Å². The van der Waals surface area contributed by atoms with Crippen LogP contribution in [0.4, 0.5) is 5.69 Å². The quantitative estimate of drug-likeness (QED) is 0.836. The Balaban J connectivity index is 2.94. The molecule has 0 fully saturated rings. The Labute approximate surface area is 116 Å². The highest BCUT2D eigenvalue weighted by atomic mass is 35.5. The monoisotopic (exact) mass is 268 g/mol. The molecule has 0 amide bonds. The van der Waals surface area contributed by atoms with Crippen LogP contribution >= 0.6 is 11.6 Å². The summed E-state index contributed by atoms with van der Waals surface area (Å²) in [5, 5.41) is 4.06. The Morgan fingerprint density at radius 1 is 1.28 bits per heavy atom. The van der Waals surface area contributed by atoms with Gasteiger partial charge in [0, 0.05) is 29.8 Å². The fourth-order valence-corrected chi connectivity index (χ4v) is 2.42. The Morgan fingerprint density at radius 3 is 2.39 bits per heavy atom. The molecule has 0 spiro atoms. The first-order valence-electron chi connectivity index (χ1n) is 6.71. The molecule has 0 heterocycles. The van der Waals surface area contributed by atoms with E-state index in [-0.39, 0.29) is 6.04 Å². The zero-order valence-electron chi connectivity index (χ0n) is 12.1. The Kier molecular flexibility index (Phi) is 5.97. The lowest BCUT2D eigenvalue weighted by atomic mass is 10.1. The summed E-state index contributed by atoms with van der Waals surface area (Å²) in [4.78, 5) is 2.37. The average molecular weight is 269 g/mol. The maximum atomic E-state index is 6.37. The summed E-state index contributed by atoms with van der Waals surface area (Å²) in [6.45, 7) is 10.8. The van der Waals surface area contributed by atoms with Gasteiger partial charge in [0.2, 0.25) is 0 Å². The smallest absolute Gasteiger partial charge is 0.0474 e. The molecule has 0 radical (unpaired) electrons. The van der Waals surface area contributed by atoms with Gasteiger partial charge in [-0.15, -0.1) is 0 Å². The van der Waals surface area contributed by atoms with E-state index >= 15 is 0 Å². The Hall–Kier alpha value is -0.730.